The Labute approximate surface area is 119 Å². The molecule has 2 N–H and O–H groups in total. The molecule has 0 aromatic heterocycles. The van der Waals surface area contributed by atoms with Crippen LogP contribution < -0.4 is 5.73 Å². The second-order valence-corrected chi connectivity index (χ2v) is 7.29. The van der Waals surface area contributed by atoms with Gasteiger partial charge in [0.1, 0.15) is 5.37 Å². The molecule has 1 unspecified atom stereocenters. The predicted molar refractivity (Wildman–Crippen MR) is 79.0 cm³/mol. The van der Waals surface area contributed by atoms with E-state index >= 15 is 0 Å². The van der Waals surface area contributed by atoms with Gasteiger partial charge in [0.05, 0.1) is 4.90 Å². The van der Waals surface area contributed by atoms with Gasteiger partial charge in [-0.1, -0.05) is 42.5 Å². The van der Waals surface area contributed by atoms with Gasteiger partial charge in [-0.2, -0.15) is 0 Å². The first-order chi connectivity index (χ1) is 9.59. The van der Waals surface area contributed by atoms with E-state index in [1.54, 1.807) is 42.5 Å². The van der Waals surface area contributed by atoms with E-state index in [0.717, 1.165) is 18.4 Å². The predicted octanol–water partition coefficient (Wildman–Crippen LogP) is 3.00. The number of benzene rings is 2. The van der Waals surface area contributed by atoms with Crippen molar-refractivity contribution in [3.8, 4) is 0 Å². The number of nitrogens with two attached hydrogens (primary N) is 1. The summed E-state index contributed by atoms with van der Waals surface area (Å²) in [7, 11) is -3.54. The summed E-state index contributed by atoms with van der Waals surface area (Å²) in [6.07, 6.45) is 2.29. The van der Waals surface area contributed by atoms with Crippen LogP contribution in [-0.4, -0.2) is 8.42 Å². The number of hydrogen-bond acceptors (Lipinski definition) is 3. The van der Waals surface area contributed by atoms with Crippen molar-refractivity contribution in [2.24, 2.45) is 5.73 Å². The number of sulfone groups is 1. The molecule has 20 heavy (non-hydrogen) atoms. The highest BCUT2D eigenvalue weighted by atomic mass is 32.2. The molecule has 2 aromatic carbocycles. The molecule has 3 rings (SSSR count). The van der Waals surface area contributed by atoms with Gasteiger partial charge < -0.3 is 5.73 Å². The second-order valence-electron chi connectivity index (χ2n) is 5.22. The molecule has 3 nitrogen and oxygen atoms in total. The zero-order valence-electron chi connectivity index (χ0n) is 11.1. The summed E-state index contributed by atoms with van der Waals surface area (Å²) < 4.78 is 25.2. The lowest BCUT2D eigenvalue weighted by Crippen LogP contribution is -2.22. The summed E-state index contributed by atoms with van der Waals surface area (Å²) in [6.45, 7) is 0. The molecule has 1 atom stereocenters. The van der Waals surface area contributed by atoms with Crippen LogP contribution in [0.3, 0.4) is 0 Å². The van der Waals surface area contributed by atoms with Gasteiger partial charge in [-0.25, -0.2) is 8.42 Å². The van der Waals surface area contributed by atoms with Crippen molar-refractivity contribution in [2.75, 3.05) is 0 Å². The molecule has 0 bridgehead atoms. The molecule has 0 spiro atoms. The molecular formula is C16H17NO2S. The molecule has 0 saturated heterocycles. The van der Waals surface area contributed by atoms with Crippen molar-refractivity contribution in [2.45, 2.75) is 29.0 Å². The van der Waals surface area contributed by atoms with Crippen LogP contribution in [0.25, 0.3) is 0 Å². The first kappa shape index (κ1) is 13.3. The minimum absolute atomic E-state index is 0.318. The van der Waals surface area contributed by atoms with Crippen LogP contribution in [0.2, 0.25) is 0 Å². The van der Waals surface area contributed by atoms with Crippen LogP contribution in [0.5, 0.6) is 0 Å². The zero-order chi connectivity index (χ0) is 14.2. The van der Waals surface area contributed by atoms with Crippen molar-refractivity contribution in [1.82, 2.24) is 0 Å². The van der Waals surface area contributed by atoms with Gasteiger partial charge in [-0.05, 0) is 42.0 Å². The lowest BCUT2D eigenvalue weighted by atomic mass is 10.1. The average molecular weight is 287 g/mol. The molecule has 4 heteroatoms. The second kappa shape index (κ2) is 5.04. The van der Waals surface area contributed by atoms with E-state index in [-0.39, 0.29) is 0 Å². The third-order valence-electron chi connectivity index (χ3n) is 3.70. The first-order valence-corrected chi connectivity index (χ1v) is 8.28. The Hall–Kier alpha value is -1.65. The largest absolute Gasteiger partial charge is 0.311 e. The maximum absolute atomic E-state index is 12.6. The smallest absolute Gasteiger partial charge is 0.198 e. The molecule has 1 aliphatic carbocycles. The van der Waals surface area contributed by atoms with Crippen LogP contribution >= 0.6 is 0 Å². The van der Waals surface area contributed by atoms with Crippen molar-refractivity contribution in [3.63, 3.8) is 0 Å². The third-order valence-corrected chi connectivity index (χ3v) is 5.55. The zero-order valence-corrected chi connectivity index (χ0v) is 11.9. The first-order valence-electron chi connectivity index (χ1n) is 6.73. The van der Waals surface area contributed by atoms with Crippen molar-refractivity contribution >= 4 is 9.84 Å². The van der Waals surface area contributed by atoms with Gasteiger partial charge >= 0.3 is 0 Å². The highest BCUT2D eigenvalue weighted by Gasteiger charge is 2.28. The molecule has 104 valence electrons. The molecule has 0 amide bonds. The molecule has 0 aliphatic heterocycles. The topological polar surface area (TPSA) is 60.2 Å². The van der Waals surface area contributed by atoms with Gasteiger partial charge in [0.25, 0.3) is 0 Å². The van der Waals surface area contributed by atoms with Crippen LogP contribution in [-0.2, 0) is 9.84 Å². The molecule has 1 saturated carbocycles. The fraction of sp³-hybridized carbons (Fsp3) is 0.250. The highest BCUT2D eigenvalue weighted by Crippen LogP contribution is 2.41. The van der Waals surface area contributed by atoms with E-state index in [1.165, 1.54) is 0 Å². The summed E-state index contributed by atoms with van der Waals surface area (Å²) in [4.78, 5) is 0.318. The summed E-state index contributed by atoms with van der Waals surface area (Å²) in [5.74, 6) is 0.526. The molecule has 1 fully saturated rings. The highest BCUT2D eigenvalue weighted by molar-refractivity contribution is 7.91. The van der Waals surface area contributed by atoms with E-state index < -0.39 is 15.2 Å². The van der Waals surface area contributed by atoms with Crippen LogP contribution in [0.4, 0.5) is 0 Å². The molecule has 1 aliphatic rings. The Morgan fingerprint density at radius 2 is 1.70 bits per heavy atom. The fourth-order valence-electron chi connectivity index (χ4n) is 2.33. The fourth-order valence-corrected chi connectivity index (χ4v) is 3.71. The monoisotopic (exact) mass is 287 g/mol. The van der Waals surface area contributed by atoms with Gasteiger partial charge in [0.15, 0.2) is 9.84 Å². The lowest BCUT2D eigenvalue weighted by Gasteiger charge is -2.14. The molecular weight excluding hydrogens is 270 g/mol. The summed E-state index contributed by atoms with van der Waals surface area (Å²) in [6, 6.07) is 16.1. The molecule has 0 heterocycles. The van der Waals surface area contributed by atoms with Crippen molar-refractivity contribution in [3.05, 3.63) is 65.7 Å². The standard InChI is InChI=1S/C16H17NO2S/c17-16(13-5-2-1-3-6-13)20(18,19)15-8-4-7-14(11-15)12-9-10-12/h1-8,11-12,16H,9-10,17H2. The van der Waals surface area contributed by atoms with Crippen LogP contribution in [0.15, 0.2) is 59.5 Å². The quantitative estimate of drug-likeness (QED) is 0.940. The van der Waals surface area contributed by atoms with Crippen LogP contribution in [0, 0.1) is 0 Å². The molecule has 2 aromatic rings. The SMILES string of the molecule is NC(c1ccccc1)S(=O)(=O)c1cccc(C2CC2)c1. The average Bonchev–Trinajstić information content (AvgIpc) is 3.32. The molecule has 0 radical (unpaired) electrons. The third kappa shape index (κ3) is 2.49. The normalized spacial score (nSPS) is 16.9. The maximum atomic E-state index is 12.6. The van der Waals surface area contributed by atoms with Crippen molar-refractivity contribution in [1.29, 1.82) is 0 Å². The van der Waals surface area contributed by atoms with Gasteiger partial charge in [0.2, 0.25) is 0 Å². The van der Waals surface area contributed by atoms with Gasteiger partial charge in [-0.3, -0.25) is 0 Å². The maximum Gasteiger partial charge on any atom is 0.198 e. The minimum atomic E-state index is -3.54. The summed E-state index contributed by atoms with van der Waals surface area (Å²) >= 11 is 0. The number of hydrogen-bond donors (Lipinski definition) is 1. The van der Waals surface area contributed by atoms with Gasteiger partial charge in [0, 0.05) is 0 Å². The summed E-state index contributed by atoms with van der Waals surface area (Å²) in [5, 5.41) is -1.02. The van der Waals surface area contributed by atoms with E-state index in [4.69, 9.17) is 5.73 Å². The lowest BCUT2D eigenvalue weighted by molar-refractivity contribution is 0.583. The Bertz CT molecular complexity index is 706. The number of rotatable bonds is 4. The van der Waals surface area contributed by atoms with E-state index in [2.05, 4.69) is 0 Å². The van der Waals surface area contributed by atoms with E-state index in [0.29, 0.717) is 16.4 Å². The summed E-state index contributed by atoms with van der Waals surface area (Å²) in [5.41, 5.74) is 7.68. The van der Waals surface area contributed by atoms with E-state index in [1.807, 2.05) is 12.1 Å². The van der Waals surface area contributed by atoms with E-state index in [9.17, 15) is 8.42 Å². The Kier molecular flexibility index (Phi) is 3.36. The Balaban J connectivity index is 1.97. The minimum Gasteiger partial charge on any atom is -0.311 e. The van der Waals surface area contributed by atoms with Crippen LogP contribution in [0.1, 0.15) is 35.3 Å². The van der Waals surface area contributed by atoms with Gasteiger partial charge in [-0.15, -0.1) is 0 Å². The Morgan fingerprint density at radius 3 is 2.35 bits per heavy atom. The Morgan fingerprint density at radius 1 is 1.00 bits per heavy atom. The van der Waals surface area contributed by atoms with Crippen molar-refractivity contribution < 1.29 is 8.42 Å².